The molecule has 1 N–H and O–H groups in total. The van der Waals surface area contributed by atoms with Gasteiger partial charge in [-0.15, -0.1) is 0 Å². The molecule has 0 bridgehead atoms. The molecule has 0 aliphatic carbocycles. The fourth-order valence-corrected chi connectivity index (χ4v) is 3.50. The minimum atomic E-state index is -0.234. The third-order valence-electron chi connectivity index (χ3n) is 4.13. The molecule has 6 heteroatoms. The molecular formula is C22H18BrCl2NO2. The Kier molecular flexibility index (Phi) is 7.37. The lowest BCUT2D eigenvalue weighted by Gasteiger charge is -2.13. The Balaban J connectivity index is 1.66. The Labute approximate surface area is 182 Å². The van der Waals surface area contributed by atoms with E-state index in [1.54, 1.807) is 30.3 Å². The highest BCUT2D eigenvalue weighted by atomic mass is 79.9. The molecule has 1 amide bonds. The SMILES string of the molecule is O=C(NCc1ccc(Cl)cc1Cl)c1cc(Br)ccc1OCCc1ccccc1. The van der Waals surface area contributed by atoms with E-state index in [-0.39, 0.29) is 5.91 Å². The summed E-state index contributed by atoms with van der Waals surface area (Å²) in [6, 6.07) is 20.7. The van der Waals surface area contributed by atoms with Crippen LogP contribution in [0.5, 0.6) is 5.75 Å². The molecule has 0 heterocycles. The Morgan fingerprint density at radius 3 is 2.54 bits per heavy atom. The first-order chi connectivity index (χ1) is 13.5. The standard InChI is InChI=1S/C22H18BrCl2NO2/c23-17-7-9-21(28-11-10-15-4-2-1-3-5-15)19(12-17)22(27)26-14-16-6-8-18(24)13-20(16)25/h1-9,12-13H,10-11,14H2,(H,26,27). The van der Waals surface area contributed by atoms with Crippen molar-refractivity contribution in [1.29, 1.82) is 0 Å². The van der Waals surface area contributed by atoms with Crippen molar-refractivity contribution in [3.63, 3.8) is 0 Å². The summed E-state index contributed by atoms with van der Waals surface area (Å²) in [6.45, 7) is 0.778. The first kappa shape index (κ1) is 20.7. The maximum Gasteiger partial charge on any atom is 0.255 e. The fraction of sp³-hybridized carbons (Fsp3) is 0.136. The molecule has 3 nitrogen and oxygen atoms in total. The minimum absolute atomic E-state index is 0.234. The first-order valence-corrected chi connectivity index (χ1v) is 10.3. The minimum Gasteiger partial charge on any atom is -0.492 e. The zero-order chi connectivity index (χ0) is 19.9. The monoisotopic (exact) mass is 477 g/mol. The molecule has 0 saturated heterocycles. The number of hydrogen-bond acceptors (Lipinski definition) is 2. The van der Waals surface area contributed by atoms with Crippen LogP contribution in [0.3, 0.4) is 0 Å². The molecule has 3 aromatic carbocycles. The van der Waals surface area contributed by atoms with Gasteiger partial charge in [0, 0.05) is 27.5 Å². The Morgan fingerprint density at radius 2 is 1.79 bits per heavy atom. The highest BCUT2D eigenvalue weighted by Gasteiger charge is 2.14. The van der Waals surface area contributed by atoms with Gasteiger partial charge in [0.05, 0.1) is 12.2 Å². The summed E-state index contributed by atoms with van der Waals surface area (Å²) in [5.74, 6) is 0.306. The number of amides is 1. The van der Waals surface area contributed by atoms with Gasteiger partial charge in [-0.25, -0.2) is 0 Å². The van der Waals surface area contributed by atoms with Crippen molar-refractivity contribution in [2.24, 2.45) is 0 Å². The lowest BCUT2D eigenvalue weighted by Crippen LogP contribution is -2.24. The number of ether oxygens (including phenoxy) is 1. The Bertz CT molecular complexity index is 964. The third kappa shape index (κ3) is 5.74. The summed E-state index contributed by atoms with van der Waals surface area (Å²) in [4.78, 5) is 12.7. The summed E-state index contributed by atoms with van der Waals surface area (Å²) >= 11 is 15.5. The van der Waals surface area contributed by atoms with Crippen LogP contribution in [0.4, 0.5) is 0 Å². The normalized spacial score (nSPS) is 10.5. The Morgan fingerprint density at radius 1 is 1.00 bits per heavy atom. The number of halogens is 3. The fourth-order valence-electron chi connectivity index (χ4n) is 2.66. The molecule has 0 radical (unpaired) electrons. The zero-order valence-electron chi connectivity index (χ0n) is 14.9. The van der Waals surface area contributed by atoms with Crippen LogP contribution in [0, 0.1) is 0 Å². The molecule has 0 unspecified atom stereocenters. The van der Waals surface area contributed by atoms with Crippen LogP contribution < -0.4 is 10.1 Å². The van der Waals surface area contributed by atoms with E-state index in [4.69, 9.17) is 27.9 Å². The topological polar surface area (TPSA) is 38.3 Å². The maximum atomic E-state index is 12.7. The second-order valence-corrected chi connectivity index (χ2v) is 7.90. The molecule has 3 rings (SSSR count). The lowest BCUT2D eigenvalue weighted by molar-refractivity contribution is 0.0947. The van der Waals surface area contributed by atoms with Crippen LogP contribution in [0.2, 0.25) is 10.0 Å². The Hall–Kier alpha value is -2.01. The molecule has 0 aliphatic rings. The van der Waals surface area contributed by atoms with Gasteiger partial charge in [0.15, 0.2) is 0 Å². The van der Waals surface area contributed by atoms with Crippen LogP contribution in [-0.2, 0) is 13.0 Å². The van der Waals surface area contributed by atoms with Crippen LogP contribution in [-0.4, -0.2) is 12.5 Å². The van der Waals surface area contributed by atoms with Gasteiger partial charge < -0.3 is 10.1 Å². The summed E-state index contributed by atoms with van der Waals surface area (Å²) in [6.07, 6.45) is 0.762. The first-order valence-electron chi connectivity index (χ1n) is 8.71. The van der Waals surface area contributed by atoms with Gasteiger partial charge in [0.25, 0.3) is 5.91 Å². The van der Waals surface area contributed by atoms with E-state index >= 15 is 0 Å². The number of carbonyl (C=O) groups excluding carboxylic acids is 1. The van der Waals surface area contributed by atoms with Gasteiger partial charge in [-0.3, -0.25) is 4.79 Å². The molecule has 28 heavy (non-hydrogen) atoms. The molecular weight excluding hydrogens is 461 g/mol. The molecule has 0 fully saturated rings. The van der Waals surface area contributed by atoms with Crippen LogP contribution >= 0.6 is 39.1 Å². The summed E-state index contributed by atoms with van der Waals surface area (Å²) in [7, 11) is 0. The van der Waals surface area contributed by atoms with Gasteiger partial charge in [-0.05, 0) is 41.5 Å². The van der Waals surface area contributed by atoms with Crippen molar-refractivity contribution in [3.05, 3.63) is 97.9 Å². The van der Waals surface area contributed by atoms with Crippen molar-refractivity contribution in [2.75, 3.05) is 6.61 Å². The van der Waals surface area contributed by atoms with Gasteiger partial charge in [0.2, 0.25) is 0 Å². The summed E-state index contributed by atoms with van der Waals surface area (Å²) < 4.78 is 6.69. The molecule has 0 atom stereocenters. The number of carbonyl (C=O) groups is 1. The van der Waals surface area contributed by atoms with Crippen molar-refractivity contribution in [3.8, 4) is 5.75 Å². The molecule has 0 saturated carbocycles. The van der Waals surface area contributed by atoms with Crippen molar-refractivity contribution in [2.45, 2.75) is 13.0 Å². The second kappa shape index (κ2) is 9.97. The number of benzene rings is 3. The molecule has 3 aromatic rings. The molecule has 144 valence electrons. The van der Waals surface area contributed by atoms with E-state index in [9.17, 15) is 4.79 Å². The highest BCUT2D eigenvalue weighted by molar-refractivity contribution is 9.10. The predicted molar refractivity (Wildman–Crippen MR) is 117 cm³/mol. The van der Waals surface area contributed by atoms with E-state index in [0.29, 0.717) is 34.5 Å². The van der Waals surface area contributed by atoms with E-state index in [1.807, 2.05) is 24.3 Å². The van der Waals surface area contributed by atoms with E-state index in [2.05, 4.69) is 33.4 Å². The molecule has 0 spiro atoms. The maximum absolute atomic E-state index is 12.7. The van der Waals surface area contributed by atoms with E-state index in [1.165, 1.54) is 5.56 Å². The van der Waals surface area contributed by atoms with Crippen molar-refractivity contribution >= 4 is 45.0 Å². The smallest absolute Gasteiger partial charge is 0.255 e. The van der Waals surface area contributed by atoms with Gasteiger partial charge in [-0.2, -0.15) is 0 Å². The predicted octanol–water partition coefficient (Wildman–Crippen LogP) is 6.31. The molecule has 0 aromatic heterocycles. The van der Waals surface area contributed by atoms with Crippen LogP contribution in [0.25, 0.3) is 0 Å². The lowest BCUT2D eigenvalue weighted by atomic mass is 10.1. The average Bonchev–Trinajstić information content (AvgIpc) is 2.69. The van der Waals surface area contributed by atoms with Gasteiger partial charge in [0.1, 0.15) is 5.75 Å². The zero-order valence-corrected chi connectivity index (χ0v) is 18.0. The number of nitrogens with one attached hydrogen (secondary N) is 1. The third-order valence-corrected chi connectivity index (χ3v) is 5.21. The van der Waals surface area contributed by atoms with Crippen molar-refractivity contribution < 1.29 is 9.53 Å². The van der Waals surface area contributed by atoms with E-state index < -0.39 is 0 Å². The number of rotatable bonds is 7. The highest BCUT2D eigenvalue weighted by Crippen LogP contribution is 2.25. The summed E-state index contributed by atoms with van der Waals surface area (Å²) in [5, 5.41) is 3.96. The summed E-state index contributed by atoms with van der Waals surface area (Å²) in [5.41, 5.74) is 2.44. The molecule has 0 aliphatic heterocycles. The van der Waals surface area contributed by atoms with Gasteiger partial charge in [-0.1, -0.05) is 75.5 Å². The van der Waals surface area contributed by atoms with Crippen LogP contribution in [0.1, 0.15) is 21.5 Å². The second-order valence-electron chi connectivity index (χ2n) is 6.14. The van der Waals surface area contributed by atoms with Crippen LogP contribution in [0.15, 0.2) is 71.2 Å². The number of hydrogen-bond donors (Lipinski definition) is 1. The van der Waals surface area contributed by atoms with Crippen molar-refractivity contribution in [1.82, 2.24) is 5.32 Å². The average molecular weight is 479 g/mol. The quantitative estimate of drug-likeness (QED) is 0.432. The van der Waals surface area contributed by atoms with E-state index in [0.717, 1.165) is 16.5 Å². The van der Waals surface area contributed by atoms with Gasteiger partial charge >= 0.3 is 0 Å². The largest absolute Gasteiger partial charge is 0.492 e.